The Morgan fingerprint density at radius 3 is 2.52 bits per heavy atom. The number of hydrogen-bond acceptors (Lipinski definition) is 5. The fraction of sp³-hybridized carbons (Fsp3) is 0.650. The van der Waals surface area contributed by atoms with E-state index in [0.29, 0.717) is 11.1 Å². The maximum absolute atomic E-state index is 12.7. The Bertz CT molecular complexity index is 835. The lowest BCUT2D eigenvalue weighted by atomic mass is 9.67. The zero-order valence-corrected chi connectivity index (χ0v) is 16.1. The van der Waals surface area contributed by atoms with Crippen LogP contribution in [0.15, 0.2) is 17.1 Å². The summed E-state index contributed by atoms with van der Waals surface area (Å²) in [5.41, 5.74) is 0.450. The fourth-order valence-corrected chi connectivity index (χ4v) is 4.46. The summed E-state index contributed by atoms with van der Waals surface area (Å²) < 4.78 is 12.2. The molecule has 2 aliphatic heterocycles. The van der Waals surface area contributed by atoms with Gasteiger partial charge in [-0.2, -0.15) is 0 Å². The molecule has 1 aromatic heterocycles. The Morgan fingerprint density at radius 2 is 1.89 bits per heavy atom. The van der Waals surface area contributed by atoms with E-state index in [0.717, 1.165) is 38.8 Å². The largest absolute Gasteiger partial charge is 0.457 e. The number of nitrogens with zero attached hydrogens (tertiary/aromatic N) is 2. The molecule has 0 radical (unpaired) electrons. The number of pyridine rings is 1. The third kappa shape index (κ3) is 3.24. The van der Waals surface area contributed by atoms with Crippen LogP contribution in [0.4, 0.5) is 4.79 Å². The average Bonchev–Trinajstić information content (AvgIpc) is 2.94. The number of rotatable bonds is 1. The van der Waals surface area contributed by atoms with Gasteiger partial charge in [-0.15, -0.1) is 0 Å². The van der Waals surface area contributed by atoms with Crippen molar-refractivity contribution in [2.24, 2.45) is 5.41 Å². The molecule has 0 bridgehead atoms. The number of likely N-dealkylation sites (tertiary alicyclic amines) is 1. The molecule has 1 amide bonds. The van der Waals surface area contributed by atoms with Gasteiger partial charge < -0.3 is 18.9 Å². The van der Waals surface area contributed by atoms with Gasteiger partial charge >= 0.3 is 12.1 Å². The Labute approximate surface area is 158 Å². The van der Waals surface area contributed by atoms with Gasteiger partial charge in [-0.1, -0.05) is 0 Å². The van der Waals surface area contributed by atoms with E-state index in [4.69, 9.17) is 9.47 Å². The number of carbonyl (C=O) groups excluding carboxylic acids is 2. The Balaban J connectivity index is 1.38. The third-order valence-electron chi connectivity index (χ3n) is 5.90. The molecule has 1 saturated carbocycles. The minimum absolute atomic E-state index is 0.0787. The van der Waals surface area contributed by atoms with Gasteiger partial charge in [-0.05, 0) is 52.5 Å². The zero-order chi connectivity index (χ0) is 19.4. The third-order valence-corrected chi connectivity index (χ3v) is 5.90. The van der Waals surface area contributed by atoms with Crippen molar-refractivity contribution in [3.05, 3.63) is 33.7 Å². The van der Waals surface area contributed by atoms with Crippen molar-refractivity contribution in [2.75, 3.05) is 13.1 Å². The van der Waals surface area contributed by atoms with Gasteiger partial charge in [-0.25, -0.2) is 9.59 Å². The van der Waals surface area contributed by atoms with Crippen LogP contribution in [-0.4, -0.2) is 40.2 Å². The molecule has 4 rings (SSSR count). The van der Waals surface area contributed by atoms with E-state index in [1.54, 1.807) is 21.7 Å². The molecule has 3 heterocycles. The summed E-state index contributed by atoms with van der Waals surface area (Å²) in [6.07, 6.45) is 5.25. The summed E-state index contributed by atoms with van der Waals surface area (Å²) in [6, 6.07) is 1.84. The van der Waals surface area contributed by atoms with Crippen molar-refractivity contribution in [1.29, 1.82) is 0 Å². The first-order valence-electron chi connectivity index (χ1n) is 9.57. The van der Waals surface area contributed by atoms with Gasteiger partial charge in [-0.3, -0.25) is 4.79 Å². The molecule has 0 unspecified atom stereocenters. The van der Waals surface area contributed by atoms with Gasteiger partial charge in [0.2, 0.25) is 0 Å². The number of amides is 1. The van der Waals surface area contributed by atoms with Gasteiger partial charge in [0.05, 0.1) is 11.1 Å². The van der Waals surface area contributed by atoms with E-state index < -0.39 is 11.6 Å². The summed E-state index contributed by atoms with van der Waals surface area (Å²) >= 11 is 0. The van der Waals surface area contributed by atoms with E-state index in [2.05, 4.69) is 0 Å². The molecule has 3 aliphatic rings. The minimum Gasteiger partial charge on any atom is -0.457 e. The number of cyclic esters (lactones) is 1. The monoisotopic (exact) mass is 374 g/mol. The number of esters is 1. The first-order valence-corrected chi connectivity index (χ1v) is 9.57. The maximum Gasteiger partial charge on any atom is 0.410 e. The highest BCUT2D eigenvalue weighted by Gasteiger charge is 2.48. The Hall–Kier alpha value is -2.31. The van der Waals surface area contributed by atoms with Crippen molar-refractivity contribution in [2.45, 2.75) is 64.7 Å². The standard InChI is InChI=1S/C20H26N2O5/c1-19(2,3)27-18(25)21-11-20(12-21)7-4-13(5-8-20)22-9-6-14-15(16(22)23)10-26-17(14)24/h6,9,13H,4-5,7-8,10-12H2,1-3H3. The zero-order valence-electron chi connectivity index (χ0n) is 16.1. The summed E-state index contributed by atoms with van der Waals surface area (Å²) in [5.74, 6) is -0.409. The number of hydrogen-bond donors (Lipinski definition) is 0. The van der Waals surface area contributed by atoms with Gasteiger partial charge in [0.15, 0.2) is 0 Å². The highest BCUT2D eigenvalue weighted by Crippen LogP contribution is 2.47. The molecule has 0 atom stereocenters. The molecule has 1 saturated heterocycles. The Kier molecular flexibility index (Phi) is 4.09. The van der Waals surface area contributed by atoms with Crippen LogP contribution < -0.4 is 5.56 Å². The molecule has 0 aromatic carbocycles. The normalized spacial score (nSPS) is 21.6. The van der Waals surface area contributed by atoms with Gasteiger partial charge in [0, 0.05) is 30.7 Å². The van der Waals surface area contributed by atoms with Crippen LogP contribution in [0.2, 0.25) is 0 Å². The topological polar surface area (TPSA) is 77.8 Å². The minimum atomic E-state index is -0.475. The molecule has 27 heavy (non-hydrogen) atoms. The highest BCUT2D eigenvalue weighted by atomic mass is 16.6. The average molecular weight is 374 g/mol. The summed E-state index contributed by atoms with van der Waals surface area (Å²) in [5, 5.41) is 0. The summed E-state index contributed by atoms with van der Waals surface area (Å²) in [4.78, 5) is 38.2. The summed E-state index contributed by atoms with van der Waals surface area (Å²) in [7, 11) is 0. The SMILES string of the molecule is CC(C)(C)OC(=O)N1CC2(CCC(n3ccc4c(c3=O)COC4=O)CC2)C1. The van der Waals surface area contributed by atoms with Crippen molar-refractivity contribution < 1.29 is 19.1 Å². The van der Waals surface area contributed by atoms with Crippen LogP contribution in [0.5, 0.6) is 0 Å². The molecule has 2 fully saturated rings. The van der Waals surface area contributed by atoms with Crippen molar-refractivity contribution in [1.82, 2.24) is 9.47 Å². The fourth-order valence-electron chi connectivity index (χ4n) is 4.46. The number of aromatic nitrogens is 1. The molecular weight excluding hydrogens is 348 g/mol. The molecule has 1 aromatic rings. The molecular formula is C20H26N2O5. The molecule has 7 nitrogen and oxygen atoms in total. The van der Waals surface area contributed by atoms with Gasteiger partial charge in [0.1, 0.15) is 12.2 Å². The smallest absolute Gasteiger partial charge is 0.410 e. The van der Waals surface area contributed by atoms with Crippen LogP contribution in [0.25, 0.3) is 0 Å². The highest BCUT2D eigenvalue weighted by molar-refractivity contribution is 5.93. The first-order chi connectivity index (χ1) is 12.7. The quantitative estimate of drug-likeness (QED) is 0.707. The first kappa shape index (κ1) is 18.1. The van der Waals surface area contributed by atoms with Crippen molar-refractivity contribution in [3.63, 3.8) is 0 Å². The van der Waals surface area contributed by atoms with E-state index in [1.165, 1.54) is 0 Å². The van der Waals surface area contributed by atoms with Crippen molar-refractivity contribution in [3.8, 4) is 0 Å². The lowest BCUT2D eigenvalue weighted by Gasteiger charge is -2.53. The van der Waals surface area contributed by atoms with Crippen LogP contribution in [0.1, 0.15) is 68.4 Å². The second-order valence-electron chi connectivity index (χ2n) is 9.06. The van der Waals surface area contributed by atoms with E-state index in [1.807, 2.05) is 20.8 Å². The summed E-state index contributed by atoms with van der Waals surface area (Å²) in [6.45, 7) is 7.16. The van der Waals surface area contributed by atoms with E-state index in [-0.39, 0.29) is 29.7 Å². The Morgan fingerprint density at radius 1 is 1.22 bits per heavy atom. The number of ether oxygens (including phenoxy) is 2. The van der Waals surface area contributed by atoms with Crippen LogP contribution in [-0.2, 0) is 16.1 Å². The lowest BCUT2D eigenvalue weighted by molar-refractivity contribution is -0.0535. The number of carbonyl (C=O) groups is 2. The second-order valence-corrected chi connectivity index (χ2v) is 9.06. The van der Waals surface area contributed by atoms with Crippen LogP contribution in [0.3, 0.4) is 0 Å². The predicted molar refractivity (Wildman–Crippen MR) is 97.6 cm³/mol. The van der Waals surface area contributed by atoms with Crippen LogP contribution >= 0.6 is 0 Å². The molecule has 1 aliphatic carbocycles. The van der Waals surface area contributed by atoms with Crippen molar-refractivity contribution >= 4 is 12.1 Å². The molecule has 146 valence electrons. The lowest BCUT2D eigenvalue weighted by Crippen LogP contribution is -2.60. The van der Waals surface area contributed by atoms with E-state index in [9.17, 15) is 14.4 Å². The molecule has 1 spiro atoms. The molecule has 7 heteroatoms. The predicted octanol–water partition coefficient (Wildman–Crippen LogP) is 2.87. The molecule has 0 N–H and O–H groups in total. The van der Waals surface area contributed by atoms with E-state index >= 15 is 0 Å². The van der Waals surface area contributed by atoms with Crippen LogP contribution in [0, 0.1) is 5.41 Å². The maximum atomic E-state index is 12.7. The second kappa shape index (κ2) is 6.11. The number of fused-ring (bicyclic) bond motifs is 1. The van der Waals surface area contributed by atoms with Gasteiger partial charge in [0.25, 0.3) is 5.56 Å².